The minimum atomic E-state index is -0.324. The van der Waals surface area contributed by atoms with Crippen LogP contribution in [0.1, 0.15) is 22.8 Å². The van der Waals surface area contributed by atoms with Crippen molar-refractivity contribution in [1.29, 1.82) is 0 Å². The molecule has 1 amide bonds. The number of fused-ring (bicyclic) bond motifs is 2. The van der Waals surface area contributed by atoms with Crippen molar-refractivity contribution in [2.75, 3.05) is 5.32 Å². The Morgan fingerprint density at radius 3 is 2.48 bits per heavy atom. The van der Waals surface area contributed by atoms with Crippen LogP contribution in [0.2, 0.25) is 0 Å². The fraction of sp³-hybridized carbons (Fsp3) is 0.0476. The van der Waals surface area contributed by atoms with Gasteiger partial charge in [0.05, 0.1) is 17.1 Å². The maximum atomic E-state index is 12.1. The van der Waals surface area contributed by atoms with Crippen LogP contribution in [-0.2, 0) is 0 Å². The molecule has 0 spiro atoms. The van der Waals surface area contributed by atoms with Crippen molar-refractivity contribution >= 4 is 34.8 Å². The van der Waals surface area contributed by atoms with E-state index in [-0.39, 0.29) is 11.7 Å². The Kier molecular flexibility index (Phi) is 4.56. The Balaban J connectivity index is 1.51. The van der Waals surface area contributed by atoms with Gasteiger partial charge >= 0.3 is 0 Å². The standard InChI is InChI=1S/C21H17N3O2S/c1-13(23-24-21(26)14-6-9-16(25)10-7-14)15-8-11-20-18(12-15)22-17-4-2-3-5-19(17)27-20/h2-12,22,25H,1H3,(H,24,26)/b23-13+. The van der Waals surface area contributed by atoms with E-state index in [9.17, 15) is 9.90 Å². The van der Waals surface area contributed by atoms with Gasteiger partial charge in [0.2, 0.25) is 0 Å². The number of nitrogens with one attached hydrogen (secondary N) is 2. The Bertz CT molecular complexity index is 1050. The first-order valence-corrected chi connectivity index (χ1v) is 9.24. The molecular weight excluding hydrogens is 358 g/mol. The maximum absolute atomic E-state index is 12.1. The fourth-order valence-electron chi connectivity index (χ4n) is 2.74. The molecular formula is C21H17N3O2S. The maximum Gasteiger partial charge on any atom is 0.271 e. The Morgan fingerprint density at radius 1 is 0.963 bits per heavy atom. The number of hydrogen-bond donors (Lipinski definition) is 3. The molecule has 0 aromatic heterocycles. The van der Waals surface area contributed by atoms with E-state index in [0.717, 1.165) is 21.8 Å². The van der Waals surface area contributed by atoms with Gasteiger partial charge in [0, 0.05) is 15.4 Å². The number of hydrogen-bond acceptors (Lipinski definition) is 5. The number of rotatable bonds is 3. The summed E-state index contributed by atoms with van der Waals surface area (Å²) >= 11 is 1.73. The molecule has 0 radical (unpaired) electrons. The second kappa shape index (κ2) is 7.17. The van der Waals surface area contributed by atoms with Crippen molar-refractivity contribution in [3.8, 4) is 5.75 Å². The van der Waals surface area contributed by atoms with Crippen LogP contribution in [0.4, 0.5) is 11.4 Å². The van der Waals surface area contributed by atoms with Gasteiger partial charge in [-0.2, -0.15) is 5.10 Å². The summed E-state index contributed by atoms with van der Waals surface area (Å²) in [6, 6.07) is 20.3. The number of benzene rings is 3. The van der Waals surface area contributed by atoms with Crippen molar-refractivity contribution in [1.82, 2.24) is 5.43 Å². The normalized spacial score (nSPS) is 12.6. The first-order chi connectivity index (χ1) is 13.1. The molecule has 0 fully saturated rings. The van der Waals surface area contributed by atoms with Crippen molar-refractivity contribution in [3.63, 3.8) is 0 Å². The summed E-state index contributed by atoms with van der Waals surface area (Å²) in [6.07, 6.45) is 0. The van der Waals surface area contributed by atoms with Crippen molar-refractivity contribution in [3.05, 3.63) is 77.9 Å². The topological polar surface area (TPSA) is 73.7 Å². The molecule has 3 aromatic rings. The van der Waals surface area contributed by atoms with Crippen molar-refractivity contribution in [2.24, 2.45) is 5.10 Å². The second-order valence-electron chi connectivity index (χ2n) is 6.12. The number of nitrogens with zero attached hydrogens (tertiary/aromatic N) is 1. The van der Waals surface area contributed by atoms with E-state index in [4.69, 9.17) is 0 Å². The number of carbonyl (C=O) groups is 1. The molecule has 4 rings (SSSR count). The number of hydrazone groups is 1. The van der Waals surface area contributed by atoms with Crippen LogP contribution in [0.3, 0.4) is 0 Å². The number of phenolic OH excluding ortho intramolecular Hbond substituents is 1. The Labute approximate surface area is 161 Å². The highest BCUT2D eigenvalue weighted by Gasteiger charge is 2.16. The minimum Gasteiger partial charge on any atom is -0.508 e. The van der Waals surface area contributed by atoms with Crippen LogP contribution in [0.5, 0.6) is 5.75 Å². The first-order valence-electron chi connectivity index (χ1n) is 8.42. The third kappa shape index (κ3) is 3.66. The van der Waals surface area contributed by atoms with Crippen molar-refractivity contribution in [2.45, 2.75) is 16.7 Å². The van der Waals surface area contributed by atoms with Gasteiger partial charge in [-0.1, -0.05) is 30.0 Å². The van der Waals surface area contributed by atoms with Crippen LogP contribution in [0.15, 0.2) is 81.6 Å². The van der Waals surface area contributed by atoms with Gasteiger partial charge in [0.1, 0.15) is 5.75 Å². The Morgan fingerprint density at radius 2 is 1.67 bits per heavy atom. The van der Waals surface area contributed by atoms with Crippen LogP contribution in [0, 0.1) is 0 Å². The quantitative estimate of drug-likeness (QED) is 0.357. The molecule has 1 aliphatic rings. The van der Waals surface area contributed by atoms with E-state index >= 15 is 0 Å². The van der Waals surface area contributed by atoms with E-state index in [1.54, 1.807) is 23.9 Å². The second-order valence-corrected chi connectivity index (χ2v) is 7.20. The van der Waals surface area contributed by atoms with Gasteiger partial charge in [-0.05, 0) is 61.0 Å². The predicted octanol–water partition coefficient (Wildman–Crippen LogP) is 4.75. The van der Waals surface area contributed by atoms with Gasteiger partial charge in [0.15, 0.2) is 0 Å². The molecule has 27 heavy (non-hydrogen) atoms. The molecule has 3 N–H and O–H groups in total. The van der Waals surface area contributed by atoms with Gasteiger partial charge in [0.25, 0.3) is 5.91 Å². The smallest absolute Gasteiger partial charge is 0.271 e. The molecule has 0 unspecified atom stereocenters. The lowest BCUT2D eigenvalue weighted by Crippen LogP contribution is -2.19. The van der Waals surface area contributed by atoms with E-state index in [1.807, 2.05) is 31.2 Å². The monoisotopic (exact) mass is 375 g/mol. The third-order valence-corrected chi connectivity index (χ3v) is 5.38. The SMILES string of the molecule is C/C(=N\NC(=O)c1ccc(O)cc1)c1ccc2c(c1)Nc1ccccc1S2. The fourth-order valence-corrected chi connectivity index (χ4v) is 3.71. The average Bonchev–Trinajstić information content (AvgIpc) is 2.70. The lowest BCUT2D eigenvalue weighted by molar-refractivity contribution is 0.0955. The third-order valence-electron chi connectivity index (χ3n) is 4.23. The van der Waals surface area contributed by atoms with E-state index in [2.05, 4.69) is 34.0 Å². The predicted molar refractivity (Wildman–Crippen MR) is 108 cm³/mol. The van der Waals surface area contributed by atoms with Crippen LogP contribution >= 0.6 is 11.8 Å². The largest absolute Gasteiger partial charge is 0.508 e. The zero-order valence-electron chi connectivity index (χ0n) is 14.6. The molecule has 0 bridgehead atoms. The summed E-state index contributed by atoms with van der Waals surface area (Å²) < 4.78 is 0. The summed E-state index contributed by atoms with van der Waals surface area (Å²) in [4.78, 5) is 14.5. The number of para-hydroxylation sites is 1. The minimum absolute atomic E-state index is 0.118. The highest BCUT2D eigenvalue weighted by Crippen LogP contribution is 2.44. The van der Waals surface area contributed by atoms with E-state index in [0.29, 0.717) is 11.3 Å². The number of aromatic hydroxyl groups is 1. The molecule has 1 aliphatic heterocycles. The zero-order chi connectivity index (χ0) is 18.8. The van der Waals surface area contributed by atoms with Crippen LogP contribution in [0.25, 0.3) is 0 Å². The molecule has 3 aromatic carbocycles. The number of anilines is 2. The lowest BCUT2D eigenvalue weighted by atomic mass is 10.1. The molecule has 6 heteroatoms. The lowest BCUT2D eigenvalue weighted by Gasteiger charge is -2.21. The molecule has 134 valence electrons. The molecule has 0 atom stereocenters. The summed E-state index contributed by atoms with van der Waals surface area (Å²) in [5.74, 6) is -0.206. The van der Waals surface area contributed by atoms with Crippen LogP contribution < -0.4 is 10.7 Å². The van der Waals surface area contributed by atoms with Gasteiger partial charge in [-0.25, -0.2) is 5.43 Å². The summed E-state index contributed by atoms with van der Waals surface area (Å²) in [5.41, 5.74) is 6.73. The molecule has 0 saturated heterocycles. The van der Waals surface area contributed by atoms with Crippen molar-refractivity contribution < 1.29 is 9.90 Å². The number of amides is 1. The summed E-state index contributed by atoms with van der Waals surface area (Å²) in [5, 5.41) is 16.9. The first kappa shape index (κ1) is 17.2. The molecule has 0 saturated carbocycles. The summed E-state index contributed by atoms with van der Waals surface area (Å²) in [6.45, 7) is 1.85. The molecule has 0 aliphatic carbocycles. The highest BCUT2D eigenvalue weighted by atomic mass is 32.2. The Hall–Kier alpha value is -3.25. The average molecular weight is 375 g/mol. The summed E-state index contributed by atoms with van der Waals surface area (Å²) in [7, 11) is 0. The van der Waals surface area contributed by atoms with Gasteiger partial charge < -0.3 is 10.4 Å². The molecule has 1 heterocycles. The molecule has 5 nitrogen and oxygen atoms in total. The van der Waals surface area contributed by atoms with E-state index in [1.165, 1.54) is 17.0 Å². The van der Waals surface area contributed by atoms with E-state index < -0.39 is 0 Å². The zero-order valence-corrected chi connectivity index (χ0v) is 15.4. The van der Waals surface area contributed by atoms with Gasteiger partial charge in [-0.15, -0.1) is 0 Å². The number of carbonyl (C=O) groups excluding carboxylic acids is 1. The highest BCUT2D eigenvalue weighted by molar-refractivity contribution is 7.99. The van der Waals surface area contributed by atoms with Gasteiger partial charge in [-0.3, -0.25) is 4.79 Å². The van der Waals surface area contributed by atoms with Crippen LogP contribution in [-0.4, -0.2) is 16.7 Å². The number of phenols is 1.